The average Bonchev–Trinajstić information content (AvgIpc) is 3.05. The molecule has 1 amide bonds. The minimum absolute atomic E-state index is 0.0684. The van der Waals surface area contributed by atoms with Gasteiger partial charge in [-0.1, -0.05) is 32.3 Å². The number of benzene rings is 2. The maximum absolute atomic E-state index is 14.6. The van der Waals surface area contributed by atoms with Crippen molar-refractivity contribution in [1.29, 1.82) is 0 Å². The topological polar surface area (TPSA) is 105 Å². The normalized spacial score (nSPS) is 14.7. The van der Waals surface area contributed by atoms with E-state index >= 15 is 0 Å². The summed E-state index contributed by atoms with van der Waals surface area (Å²) in [5, 5.41) is 6.87. The zero-order valence-corrected chi connectivity index (χ0v) is 25.1. The molecule has 238 valence electrons. The smallest absolute Gasteiger partial charge is 0.272 e. The van der Waals surface area contributed by atoms with Crippen molar-refractivity contribution in [3.63, 3.8) is 0 Å². The van der Waals surface area contributed by atoms with Gasteiger partial charge in [0.15, 0.2) is 0 Å². The molecule has 45 heavy (non-hydrogen) atoms. The Bertz CT molecular complexity index is 1720. The predicted molar refractivity (Wildman–Crippen MR) is 158 cm³/mol. The summed E-state index contributed by atoms with van der Waals surface area (Å²) in [6.07, 6.45) is 9.07. The fraction of sp³-hybridized carbons (Fsp3) is 0.355. The number of hydrogen-bond donors (Lipinski definition) is 1. The Labute approximate surface area is 258 Å². The monoisotopic (exact) mass is 647 g/mol. The summed E-state index contributed by atoms with van der Waals surface area (Å²) in [5.74, 6) is -11.6. The predicted octanol–water partition coefficient (Wildman–Crippen LogP) is 6.03. The molecule has 1 atom stereocenters. The van der Waals surface area contributed by atoms with Crippen molar-refractivity contribution in [1.82, 2.24) is 19.5 Å². The van der Waals surface area contributed by atoms with Gasteiger partial charge in [0, 0.05) is 23.8 Å². The lowest BCUT2D eigenvalue weighted by Gasteiger charge is -2.28. The van der Waals surface area contributed by atoms with Gasteiger partial charge in [0.2, 0.25) is 35.0 Å². The Hall–Kier alpha value is -3.88. The first-order valence-electron chi connectivity index (χ1n) is 14.5. The number of anilines is 1. The van der Waals surface area contributed by atoms with Crippen LogP contribution in [-0.2, 0) is 22.7 Å². The molecule has 5 rings (SSSR count). The van der Waals surface area contributed by atoms with Crippen molar-refractivity contribution >= 4 is 33.7 Å². The highest BCUT2D eigenvalue weighted by atomic mass is 32.2. The second-order valence-electron chi connectivity index (χ2n) is 10.9. The number of fused-ring (bicyclic) bond motifs is 1. The third kappa shape index (κ3) is 6.87. The molecule has 14 heteroatoms. The standard InChI is InChI=1S/C31H30F5N5O3S/c1-2-12-40(45(44)30-28(35)26(33)25(32)27(34)29(30)36)17-24(42)41(22-10-11-23-20(13-22)15-38-39-31(23)43)16-21-9-8-19(14-37-21)18-6-4-3-5-7-18/h8-11,13-15,18H,2-7,12,16-17H2,1H3,(H,39,43). The fourth-order valence-corrected chi connectivity index (χ4v) is 6.84. The highest BCUT2D eigenvalue weighted by Gasteiger charge is 2.38. The van der Waals surface area contributed by atoms with Crippen molar-refractivity contribution in [3.8, 4) is 0 Å². The highest BCUT2D eigenvalue weighted by Crippen LogP contribution is 2.33. The Morgan fingerprint density at radius 3 is 2.31 bits per heavy atom. The molecule has 1 N–H and O–H groups in total. The van der Waals surface area contributed by atoms with Crippen molar-refractivity contribution in [2.45, 2.75) is 62.8 Å². The zero-order valence-electron chi connectivity index (χ0n) is 24.3. The molecule has 2 aromatic heterocycles. The van der Waals surface area contributed by atoms with Crippen LogP contribution < -0.4 is 10.5 Å². The molecule has 1 unspecified atom stereocenters. The van der Waals surface area contributed by atoms with Gasteiger partial charge in [-0.2, -0.15) is 13.9 Å². The van der Waals surface area contributed by atoms with E-state index in [1.165, 1.54) is 29.7 Å². The third-order valence-corrected chi connectivity index (χ3v) is 9.36. The SMILES string of the molecule is CCCN(CC(=O)N(Cc1ccc(C2CCCCC2)cn1)c1ccc2c(=O)[nH]ncc2c1)[S+]([O-])c1c(F)c(F)c(F)c(F)c1F. The molecule has 0 radical (unpaired) electrons. The number of carbonyl (C=O) groups excluding carboxylic acids is 1. The van der Waals surface area contributed by atoms with Gasteiger partial charge in [-0.15, -0.1) is 4.31 Å². The van der Waals surface area contributed by atoms with Gasteiger partial charge in [-0.05, 0) is 55.0 Å². The van der Waals surface area contributed by atoms with E-state index in [2.05, 4.69) is 15.2 Å². The van der Waals surface area contributed by atoms with Gasteiger partial charge in [-0.3, -0.25) is 14.6 Å². The molecule has 0 bridgehead atoms. The van der Waals surface area contributed by atoms with Gasteiger partial charge >= 0.3 is 0 Å². The molecule has 0 spiro atoms. The summed E-state index contributed by atoms with van der Waals surface area (Å²) in [7, 11) is 0. The van der Waals surface area contributed by atoms with E-state index in [9.17, 15) is 36.1 Å². The molecule has 4 aromatic rings. The summed E-state index contributed by atoms with van der Waals surface area (Å²) in [5.41, 5.74) is 1.48. The maximum atomic E-state index is 14.6. The van der Waals surface area contributed by atoms with Crippen LogP contribution in [0.2, 0.25) is 0 Å². The summed E-state index contributed by atoms with van der Waals surface area (Å²) >= 11 is -2.93. The molecule has 8 nitrogen and oxygen atoms in total. The number of hydrogen-bond acceptors (Lipinski definition) is 6. The first-order chi connectivity index (χ1) is 21.6. The first kappa shape index (κ1) is 32.5. The van der Waals surface area contributed by atoms with Crippen LogP contribution in [0.5, 0.6) is 0 Å². The molecular weight excluding hydrogens is 617 g/mol. The quantitative estimate of drug-likeness (QED) is 0.0976. The number of nitrogens with one attached hydrogen (secondary N) is 1. The van der Waals surface area contributed by atoms with Crippen LogP contribution in [0, 0.1) is 29.1 Å². The van der Waals surface area contributed by atoms with E-state index in [1.54, 1.807) is 25.3 Å². The van der Waals surface area contributed by atoms with Gasteiger partial charge in [-0.25, -0.2) is 18.3 Å². The number of carbonyl (C=O) groups is 1. The van der Waals surface area contributed by atoms with E-state index in [0.29, 0.717) is 28.1 Å². The van der Waals surface area contributed by atoms with Crippen LogP contribution in [0.1, 0.15) is 62.6 Å². The van der Waals surface area contributed by atoms with Gasteiger partial charge in [0.05, 0.1) is 35.2 Å². The van der Waals surface area contributed by atoms with Crippen LogP contribution >= 0.6 is 0 Å². The third-order valence-electron chi connectivity index (χ3n) is 7.87. The number of halogens is 5. The molecular formula is C31H30F5N5O3S. The largest absolute Gasteiger partial charge is 0.593 e. The van der Waals surface area contributed by atoms with Gasteiger partial charge < -0.3 is 9.45 Å². The lowest BCUT2D eigenvalue weighted by atomic mass is 9.85. The number of amides is 1. The Morgan fingerprint density at radius 2 is 1.67 bits per heavy atom. The molecule has 0 aliphatic heterocycles. The number of nitrogens with zero attached hydrogens (tertiary/aromatic N) is 4. The molecule has 2 aromatic carbocycles. The van der Waals surface area contributed by atoms with E-state index in [4.69, 9.17) is 0 Å². The first-order valence-corrected chi connectivity index (χ1v) is 15.6. The Balaban J connectivity index is 1.48. The van der Waals surface area contributed by atoms with Gasteiger partial charge in [0.1, 0.15) is 6.54 Å². The minimum atomic E-state index is -2.93. The second kappa shape index (κ2) is 14.0. The van der Waals surface area contributed by atoms with Crippen molar-refractivity contribution in [2.75, 3.05) is 18.0 Å². The number of aromatic amines is 1. The van der Waals surface area contributed by atoms with Crippen molar-refractivity contribution in [2.24, 2.45) is 0 Å². The molecule has 1 aliphatic carbocycles. The van der Waals surface area contributed by atoms with E-state index in [1.807, 2.05) is 6.07 Å². The number of rotatable bonds is 10. The summed E-state index contributed by atoms with van der Waals surface area (Å²) in [4.78, 5) is 30.4. The minimum Gasteiger partial charge on any atom is -0.593 e. The highest BCUT2D eigenvalue weighted by molar-refractivity contribution is 7.89. The second-order valence-corrected chi connectivity index (χ2v) is 12.3. The van der Waals surface area contributed by atoms with Gasteiger partial charge in [0.25, 0.3) is 10.5 Å². The van der Waals surface area contributed by atoms with Crippen LogP contribution in [0.4, 0.5) is 27.6 Å². The Morgan fingerprint density at radius 1 is 0.978 bits per heavy atom. The maximum Gasteiger partial charge on any atom is 0.272 e. The zero-order chi connectivity index (χ0) is 32.2. The molecule has 1 aliphatic rings. The average molecular weight is 648 g/mol. The molecule has 1 saturated carbocycles. The van der Waals surface area contributed by atoms with Crippen LogP contribution in [0.15, 0.2) is 52.4 Å². The summed E-state index contributed by atoms with van der Waals surface area (Å²) in [6, 6.07) is 8.34. The van der Waals surface area contributed by atoms with Crippen LogP contribution in [-0.4, -0.2) is 43.0 Å². The van der Waals surface area contributed by atoms with Crippen molar-refractivity contribution in [3.05, 3.63) is 93.4 Å². The number of pyridine rings is 1. The number of aromatic nitrogens is 3. The summed E-state index contributed by atoms with van der Waals surface area (Å²) in [6.45, 7) is 0.695. The summed E-state index contributed by atoms with van der Waals surface area (Å²) < 4.78 is 84.9. The Kier molecular flexibility index (Phi) is 10.1. The van der Waals surface area contributed by atoms with Crippen LogP contribution in [0.25, 0.3) is 10.8 Å². The molecule has 1 fully saturated rings. The van der Waals surface area contributed by atoms with Crippen LogP contribution in [0.3, 0.4) is 0 Å². The number of H-pyrrole nitrogens is 1. The lowest BCUT2D eigenvalue weighted by Crippen LogP contribution is -2.43. The molecule has 0 saturated heterocycles. The van der Waals surface area contributed by atoms with Crippen molar-refractivity contribution < 1.29 is 31.3 Å². The fourth-order valence-electron chi connectivity index (χ4n) is 5.52. The molecule has 2 heterocycles. The lowest BCUT2D eigenvalue weighted by molar-refractivity contribution is -0.119. The van der Waals surface area contributed by atoms with E-state index < -0.39 is 63.4 Å². The van der Waals surface area contributed by atoms with E-state index in [0.717, 1.165) is 35.6 Å². The van der Waals surface area contributed by atoms with E-state index in [-0.39, 0.29) is 19.5 Å².